The Morgan fingerprint density at radius 3 is 1.97 bits per heavy atom. The second kappa shape index (κ2) is 6.38. The van der Waals surface area contributed by atoms with Crippen LogP contribution >= 0.6 is 0 Å². The number of hydrogen-bond donors (Lipinski definition) is 0. The van der Waals surface area contributed by atoms with E-state index in [1.807, 2.05) is 0 Å². The fourth-order valence-electron chi connectivity index (χ4n) is 5.24. The van der Waals surface area contributed by atoms with Crippen molar-refractivity contribution in [3.63, 3.8) is 0 Å². The van der Waals surface area contributed by atoms with Crippen LogP contribution in [0.3, 0.4) is 0 Å². The number of rotatable bonds is 4. The summed E-state index contributed by atoms with van der Waals surface area (Å²) in [7, 11) is -7.97. The molecule has 8 heteroatoms. The van der Waals surface area contributed by atoms with Crippen LogP contribution in [0.1, 0.15) is 32.1 Å². The highest BCUT2D eigenvalue weighted by molar-refractivity contribution is 7.96. The van der Waals surface area contributed by atoms with Gasteiger partial charge in [0.05, 0.1) is 15.3 Å². The van der Waals surface area contributed by atoms with Crippen molar-refractivity contribution in [2.75, 3.05) is 6.54 Å². The first-order chi connectivity index (χ1) is 13.8. The van der Waals surface area contributed by atoms with Gasteiger partial charge in [0.15, 0.2) is 9.84 Å². The third-order valence-corrected chi connectivity index (χ3v) is 11.3. The second-order valence-electron chi connectivity index (χ2n) is 8.24. The number of nitrogens with zero attached hydrogens (tertiary/aromatic N) is 1. The van der Waals surface area contributed by atoms with E-state index >= 15 is 0 Å². The quantitative estimate of drug-likeness (QED) is 0.738. The lowest BCUT2D eigenvalue weighted by atomic mass is 9.86. The Kier molecular flexibility index (Phi) is 4.23. The Bertz CT molecular complexity index is 1130. The molecule has 2 saturated heterocycles. The predicted molar refractivity (Wildman–Crippen MR) is 107 cm³/mol. The number of benzene rings is 2. The van der Waals surface area contributed by atoms with Gasteiger partial charge in [0, 0.05) is 13.0 Å². The molecule has 2 aromatic carbocycles. The Hall–Kier alpha value is -1.74. The maximum absolute atomic E-state index is 13.8. The van der Waals surface area contributed by atoms with Gasteiger partial charge in [-0.15, -0.1) is 0 Å². The SMILES string of the molecule is O=S(=O)(c1ccccc1)[C@@H]1CN2OC1(S(=O)(=O)c1ccccc1)CC21CCCC1. The van der Waals surface area contributed by atoms with Gasteiger partial charge in [0.25, 0.3) is 0 Å². The summed E-state index contributed by atoms with van der Waals surface area (Å²) in [6.07, 6.45) is 3.84. The zero-order valence-corrected chi connectivity index (χ0v) is 17.5. The molecule has 2 aromatic rings. The standard InChI is InChI=1S/C21H23NO5S2/c23-28(24,17-9-3-1-4-10-17)19-15-22-20(13-7-8-14-20)16-21(19,27-22)29(25,26)18-11-5-2-6-12-18/h1-6,9-12,19H,7-8,13-16H2/t19-,21?/m1/s1. The molecule has 5 rings (SSSR count). The van der Waals surface area contributed by atoms with Crippen LogP contribution in [0.2, 0.25) is 0 Å². The van der Waals surface area contributed by atoms with E-state index in [0.29, 0.717) is 0 Å². The monoisotopic (exact) mass is 433 g/mol. The van der Waals surface area contributed by atoms with Crippen LogP contribution in [0.5, 0.6) is 0 Å². The lowest BCUT2D eigenvalue weighted by Crippen LogP contribution is -2.56. The van der Waals surface area contributed by atoms with Gasteiger partial charge in [-0.25, -0.2) is 16.8 Å². The zero-order chi connectivity index (χ0) is 20.3. The molecule has 1 aliphatic carbocycles. The van der Waals surface area contributed by atoms with Crippen molar-refractivity contribution < 1.29 is 21.7 Å². The molecule has 2 unspecified atom stereocenters. The third-order valence-electron chi connectivity index (χ3n) is 6.68. The number of hydrogen-bond acceptors (Lipinski definition) is 6. The average Bonchev–Trinajstić information content (AvgIpc) is 3.44. The Morgan fingerprint density at radius 2 is 1.38 bits per heavy atom. The first kappa shape index (κ1) is 19.2. The summed E-state index contributed by atoms with van der Waals surface area (Å²) >= 11 is 0. The van der Waals surface area contributed by atoms with E-state index in [1.165, 1.54) is 24.3 Å². The first-order valence-electron chi connectivity index (χ1n) is 9.87. The van der Waals surface area contributed by atoms with E-state index in [4.69, 9.17) is 4.84 Å². The smallest absolute Gasteiger partial charge is 0.214 e. The highest BCUT2D eigenvalue weighted by atomic mass is 32.2. The van der Waals surface area contributed by atoms with Gasteiger partial charge in [0.2, 0.25) is 14.8 Å². The summed E-state index contributed by atoms with van der Waals surface area (Å²) in [4.78, 5) is 4.54. The number of fused-ring (bicyclic) bond motifs is 3. The minimum Gasteiger partial charge on any atom is -0.274 e. The van der Waals surface area contributed by atoms with E-state index < -0.39 is 29.9 Å². The van der Waals surface area contributed by atoms with E-state index in [2.05, 4.69) is 0 Å². The van der Waals surface area contributed by atoms with Crippen LogP contribution in [0.4, 0.5) is 0 Å². The Balaban J connectivity index is 1.68. The van der Waals surface area contributed by atoms with Gasteiger partial charge in [-0.05, 0) is 37.1 Å². The first-order valence-corrected chi connectivity index (χ1v) is 12.9. The van der Waals surface area contributed by atoms with Crippen molar-refractivity contribution in [2.24, 2.45) is 0 Å². The van der Waals surface area contributed by atoms with Crippen LogP contribution in [0.25, 0.3) is 0 Å². The molecule has 6 nitrogen and oxygen atoms in total. The van der Waals surface area contributed by atoms with Crippen LogP contribution in [-0.2, 0) is 24.5 Å². The van der Waals surface area contributed by atoms with Gasteiger partial charge in [-0.3, -0.25) is 4.84 Å². The maximum atomic E-state index is 13.8. The lowest BCUT2D eigenvalue weighted by molar-refractivity contribution is -0.151. The number of piperidine rings is 1. The van der Waals surface area contributed by atoms with E-state index in [0.717, 1.165) is 25.7 Å². The summed E-state index contributed by atoms with van der Waals surface area (Å²) in [5.74, 6) is 0. The lowest BCUT2D eigenvalue weighted by Gasteiger charge is -2.38. The fourth-order valence-corrected chi connectivity index (χ4v) is 9.78. The van der Waals surface area contributed by atoms with Crippen LogP contribution < -0.4 is 0 Å². The zero-order valence-electron chi connectivity index (χ0n) is 15.9. The van der Waals surface area contributed by atoms with Crippen LogP contribution in [-0.4, -0.2) is 44.2 Å². The molecular weight excluding hydrogens is 410 g/mol. The van der Waals surface area contributed by atoms with Crippen molar-refractivity contribution in [3.8, 4) is 0 Å². The van der Waals surface area contributed by atoms with E-state index in [9.17, 15) is 16.8 Å². The molecule has 0 aromatic heterocycles. The van der Waals surface area contributed by atoms with Crippen LogP contribution in [0.15, 0.2) is 70.5 Å². The molecule has 2 aliphatic heterocycles. The van der Waals surface area contributed by atoms with E-state index in [-0.39, 0.29) is 28.3 Å². The van der Waals surface area contributed by atoms with Crippen molar-refractivity contribution in [1.29, 1.82) is 0 Å². The Morgan fingerprint density at radius 1 is 0.828 bits per heavy atom. The fraction of sp³-hybridized carbons (Fsp3) is 0.429. The predicted octanol–water partition coefficient (Wildman–Crippen LogP) is 2.96. The van der Waals surface area contributed by atoms with Gasteiger partial charge in [-0.2, -0.15) is 5.06 Å². The van der Waals surface area contributed by atoms with Crippen molar-refractivity contribution >= 4 is 19.7 Å². The third kappa shape index (κ3) is 2.59. The molecule has 0 radical (unpaired) electrons. The Labute approximate surface area is 171 Å². The van der Waals surface area contributed by atoms with Gasteiger partial charge < -0.3 is 0 Å². The highest BCUT2D eigenvalue weighted by Gasteiger charge is 2.73. The minimum atomic E-state index is -4.06. The van der Waals surface area contributed by atoms with E-state index in [1.54, 1.807) is 41.5 Å². The topological polar surface area (TPSA) is 80.8 Å². The van der Waals surface area contributed by atoms with Gasteiger partial charge in [-0.1, -0.05) is 49.2 Å². The van der Waals surface area contributed by atoms with Gasteiger partial charge in [0.1, 0.15) is 5.25 Å². The molecule has 3 fully saturated rings. The molecule has 2 bridgehead atoms. The molecule has 1 spiro atoms. The summed E-state index contributed by atoms with van der Waals surface area (Å²) in [6.45, 7) is 0.0727. The number of hydroxylamine groups is 2. The summed E-state index contributed by atoms with van der Waals surface area (Å²) < 4.78 is 54.7. The molecule has 2 heterocycles. The molecule has 3 atom stereocenters. The van der Waals surface area contributed by atoms with Gasteiger partial charge >= 0.3 is 0 Å². The molecular formula is C21H23NO5S2. The van der Waals surface area contributed by atoms with Crippen LogP contribution in [0, 0.1) is 0 Å². The van der Waals surface area contributed by atoms with Crippen molar-refractivity contribution in [3.05, 3.63) is 60.7 Å². The molecule has 154 valence electrons. The molecule has 29 heavy (non-hydrogen) atoms. The summed E-state index contributed by atoms with van der Waals surface area (Å²) in [5.41, 5.74) is -0.384. The van der Waals surface area contributed by atoms with Crippen molar-refractivity contribution in [1.82, 2.24) is 5.06 Å². The largest absolute Gasteiger partial charge is 0.274 e. The summed E-state index contributed by atoms with van der Waals surface area (Å²) in [5, 5.41) is 0.514. The normalized spacial score (nSPS) is 30.8. The highest BCUT2D eigenvalue weighted by Crippen LogP contribution is 2.58. The molecule has 1 saturated carbocycles. The second-order valence-corrected chi connectivity index (χ2v) is 12.5. The summed E-state index contributed by atoms with van der Waals surface area (Å²) in [6, 6.07) is 16.2. The molecule has 0 amide bonds. The number of sulfone groups is 2. The minimum absolute atomic E-state index is 0.0727. The average molecular weight is 434 g/mol. The molecule has 0 N–H and O–H groups in total. The van der Waals surface area contributed by atoms with Crippen molar-refractivity contribution in [2.45, 2.75) is 57.6 Å². The maximum Gasteiger partial charge on any atom is 0.214 e. The molecule has 3 aliphatic rings.